The van der Waals surface area contributed by atoms with E-state index in [0.29, 0.717) is 18.9 Å². The topological polar surface area (TPSA) is 79.8 Å². The van der Waals surface area contributed by atoms with Gasteiger partial charge in [-0.15, -0.1) is 0 Å². The Bertz CT molecular complexity index is 483. The molecule has 136 valence electrons. The van der Waals surface area contributed by atoms with Crippen LogP contribution in [0.15, 0.2) is 4.99 Å². The fraction of sp³-hybridized carbons (Fsp3) is 0.938. The van der Waals surface area contributed by atoms with Gasteiger partial charge in [0.15, 0.2) is 5.96 Å². The summed E-state index contributed by atoms with van der Waals surface area (Å²) in [4.78, 5) is 4.20. The summed E-state index contributed by atoms with van der Waals surface area (Å²) in [5.41, 5.74) is 0.124. The molecule has 0 spiro atoms. The molecule has 23 heavy (non-hydrogen) atoms. The molecule has 1 fully saturated rings. The summed E-state index contributed by atoms with van der Waals surface area (Å²) >= 11 is 0. The molecule has 2 unspecified atom stereocenters. The Morgan fingerprint density at radius 2 is 2.00 bits per heavy atom. The molecule has 1 heterocycles. The van der Waals surface area contributed by atoms with Crippen molar-refractivity contribution in [1.29, 1.82) is 0 Å². The van der Waals surface area contributed by atoms with Gasteiger partial charge in [-0.2, -0.15) is 0 Å². The molecule has 0 aromatic rings. The first-order chi connectivity index (χ1) is 10.6. The first-order valence-electron chi connectivity index (χ1n) is 8.37. The van der Waals surface area contributed by atoms with Gasteiger partial charge in [0, 0.05) is 38.9 Å². The number of guanidine groups is 1. The number of hydrogen-bond acceptors (Lipinski definition) is 4. The molecule has 7 heteroatoms. The second-order valence-corrected chi connectivity index (χ2v) is 9.68. The van der Waals surface area contributed by atoms with Gasteiger partial charge in [0.1, 0.15) is 9.84 Å². The van der Waals surface area contributed by atoms with Gasteiger partial charge >= 0.3 is 0 Å². The standard InChI is InChI=1S/C16H33N3O3S/c1-16(2,3)14-13(8-6-10-22-14)12-19-15(17-4)18-9-7-11-23(5,20)21/h13-14H,6-12H2,1-5H3,(H2,17,18,19). The summed E-state index contributed by atoms with van der Waals surface area (Å²) < 4.78 is 28.2. The highest BCUT2D eigenvalue weighted by Gasteiger charge is 2.35. The summed E-state index contributed by atoms with van der Waals surface area (Å²) in [7, 11) is -1.17. The Morgan fingerprint density at radius 3 is 2.57 bits per heavy atom. The molecule has 1 aliphatic rings. The number of nitrogens with one attached hydrogen (secondary N) is 2. The van der Waals surface area contributed by atoms with E-state index >= 15 is 0 Å². The van der Waals surface area contributed by atoms with Crippen LogP contribution in [0.3, 0.4) is 0 Å². The zero-order chi connectivity index (χ0) is 17.5. The Balaban J connectivity index is 2.41. The maximum atomic E-state index is 11.1. The van der Waals surface area contributed by atoms with Crippen LogP contribution in [-0.4, -0.2) is 59.2 Å². The predicted molar refractivity (Wildman–Crippen MR) is 95.6 cm³/mol. The largest absolute Gasteiger partial charge is 0.377 e. The van der Waals surface area contributed by atoms with Crippen molar-refractivity contribution in [3.05, 3.63) is 0 Å². The van der Waals surface area contributed by atoms with Gasteiger partial charge in [0.25, 0.3) is 0 Å². The van der Waals surface area contributed by atoms with Crippen LogP contribution in [0.25, 0.3) is 0 Å². The van der Waals surface area contributed by atoms with E-state index in [4.69, 9.17) is 4.74 Å². The number of aliphatic imine (C=N–C) groups is 1. The molecule has 0 saturated carbocycles. The molecular formula is C16H33N3O3S. The minimum atomic E-state index is -2.90. The summed E-state index contributed by atoms with van der Waals surface area (Å²) in [6, 6.07) is 0. The number of nitrogens with zero attached hydrogens (tertiary/aromatic N) is 1. The lowest BCUT2D eigenvalue weighted by atomic mass is 9.78. The van der Waals surface area contributed by atoms with Crippen LogP contribution in [0.1, 0.15) is 40.0 Å². The Kier molecular flexibility index (Phi) is 7.80. The highest BCUT2D eigenvalue weighted by atomic mass is 32.2. The van der Waals surface area contributed by atoms with Crippen LogP contribution in [-0.2, 0) is 14.6 Å². The summed E-state index contributed by atoms with van der Waals surface area (Å²) in [5.74, 6) is 1.37. The van der Waals surface area contributed by atoms with Crippen LogP contribution in [0.2, 0.25) is 0 Å². The Hall–Kier alpha value is -0.820. The van der Waals surface area contributed by atoms with Crippen molar-refractivity contribution < 1.29 is 13.2 Å². The number of sulfone groups is 1. The fourth-order valence-electron chi connectivity index (χ4n) is 3.00. The minimum Gasteiger partial charge on any atom is -0.377 e. The van der Waals surface area contributed by atoms with Crippen LogP contribution >= 0.6 is 0 Å². The lowest BCUT2D eigenvalue weighted by Gasteiger charge is -2.40. The third-order valence-electron chi connectivity index (χ3n) is 4.04. The summed E-state index contributed by atoms with van der Waals surface area (Å²) in [6.07, 6.45) is 4.33. The lowest BCUT2D eigenvalue weighted by molar-refractivity contribution is -0.0835. The zero-order valence-electron chi connectivity index (χ0n) is 15.2. The van der Waals surface area contributed by atoms with E-state index < -0.39 is 9.84 Å². The lowest BCUT2D eigenvalue weighted by Crippen LogP contribution is -2.47. The fourth-order valence-corrected chi connectivity index (χ4v) is 3.67. The summed E-state index contributed by atoms with van der Waals surface area (Å²) in [6.45, 7) is 8.90. The average molecular weight is 348 g/mol. The molecular weight excluding hydrogens is 314 g/mol. The number of ether oxygens (including phenoxy) is 1. The van der Waals surface area contributed by atoms with E-state index in [1.165, 1.54) is 6.26 Å². The highest BCUT2D eigenvalue weighted by molar-refractivity contribution is 7.90. The minimum absolute atomic E-state index is 0.124. The van der Waals surface area contributed by atoms with E-state index in [0.717, 1.165) is 32.0 Å². The second-order valence-electron chi connectivity index (χ2n) is 7.42. The molecule has 1 saturated heterocycles. The van der Waals surface area contributed by atoms with E-state index in [1.54, 1.807) is 7.05 Å². The van der Waals surface area contributed by atoms with Gasteiger partial charge in [-0.1, -0.05) is 20.8 Å². The third kappa shape index (κ3) is 8.01. The monoisotopic (exact) mass is 347 g/mol. The van der Waals surface area contributed by atoms with Crippen molar-refractivity contribution in [2.75, 3.05) is 38.8 Å². The molecule has 0 amide bonds. The van der Waals surface area contributed by atoms with Crippen molar-refractivity contribution in [2.24, 2.45) is 16.3 Å². The van der Waals surface area contributed by atoms with Crippen LogP contribution in [0.5, 0.6) is 0 Å². The maximum Gasteiger partial charge on any atom is 0.190 e. The number of hydrogen-bond donors (Lipinski definition) is 2. The van der Waals surface area contributed by atoms with Gasteiger partial charge in [-0.25, -0.2) is 8.42 Å². The third-order valence-corrected chi connectivity index (χ3v) is 5.07. The normalized spacial score (nSPS) is 23.6. The molecule has 0 aromatic heterocycles. The van der Waals surface area contributed by atoms with Crippen LogP contribution in [0, 0.1) is 11.3 Å². The van der Waals surface area contributed by atoms with E-state index in [1.807, 2.05) is 0 Å². The molecule has 0 aromatic carbocycles. The van der Waals surface area contributed by atoms with E-state index in [2.05, 4.69) is 36.4 Å². The van der Waals surface area contributed by atoms with Crippen molar-refractivity contribution in [1.82, 2.24) is 10.6 Å². The zero-order valence-corrected chi connectivity index (χ0v) is 16.0. The predicted octanol–water partition coefficient (Wildman–Crippen LogP) is 1.43. The Labute approximate surface area is 141 Å². The van der Waals surface area contributed by atoms with E-state index in [9.17, 15) is 8.42 Å². The molecule has 6 nitrogen and oxygen atoms in total. The number of rotatable bonds is 6. The van der Waals surface area contributed by atoms with Crippen molar-refractivity contribution >= 4 is 15.8 Å². The van der Waals surface area contributed by atoms with E-state index in [-0.39, 0.29) is 17.3 Å². The van der Waals surface area contributed by atoms with Gasteiger partial charge < -0.3 is 15.4 Å². The van der Waals surface area contributed by atoms with Crippen molar-refractivity contribution in [2.45, 2.75) is 46.1 Å². The van der Waals surface area contributed by atoms with Gasteiger partial charge in [0.2, 0.25) is 0 Å². The average Bonchev–Trinajstić information content (AvgIpc) is 2.45. The molecule has 1 rings (SSSR count). The second kappa shape index (κ2) is 8.87. The SMILES string of the molecule is CN=C(NCCCS(C)(=O)=O)NCC1CCCOC1C(C)(C)C. The molecule has 0 bridgehead atoms. The molecule has 2 atom stereocenters. The van der Waals surface area contributed by atoms with Crippen molar-refractivity contribution in [3.63, 3.8) is 0 Å². The van der Waals surface area contributed by atoms with Crippen LogP contribution in [0.4, 0.5) is 0 Å². The van der Waals surface area contributed by atoms with Gasteiger partial charge in [0.05, 0.1) is 11.9 Å². The quantitative estimate of drug-likeness (QED) is 0.432. The van der Waals surface area contributed by atoms with Crippen LogP contribution < -0.4 is 10.6 Å². The van der Waals surface area contributed by atoms with Gasteiger partial charge in [-0.3, -0.25) is 4.99 Å². The van der Waals surface area contributed by atoms with Gasteiger partial charge in [-0.05, 0) is 24.7 Å². The molecule has 1 aliphatic heterocycles. The van der Waals surface area contributed by atoms with Crippen molar-refractivity contribution in [3.8, 4) is 0 Å². The molecule has 2 N–H and O–H groups in total. The highest BCUT2D eigenvalue weighted by Crippen LogP contribution is 2.33. The first kappa shape index (κ1) is 20.2. The Morgan fingerprint density at radius 1 is 1.30 bits per heavy atom. The summed E-state index contributed by atoms with van der Waals surface area (Å²) in [5, 5.41) is 6.52. The molecule has 0 radical (unpaired) electrons. The molecule has 0 aliphatic carbocycles. The first-order valence-corrected chi connectivity index (χ1v) is 10.4. The maximum absolute atomic E-state index is 11.1. The smallest absolute Gasteiger partial charge is 0.190 e.